The molecule has 1 heterocycles. The van der Waals surface area contributed by atoms with Gasteiger partial charge in [-0.3, -0.25) is 0 Å². The van der Waals surface area contributed by atoms with Crippen molar-refractivity contribution in [1.29, 1.82) is 0 Å². The summed E-state index contributed by atoms with van der Waals surface area (Å²) in [5.41, 5.74) is 1.33. The minimum atomic E-state index is -0.433. The second-order valence-corrected chi connectivity index (χ2v) is 5.41. The zero-order valence-corrected chi connectivity index (χ0v) is 12.8. The van der Waals surface area contributed by atoms with Crippen LogP contribution in [0.5, 0.6) is 5.88 Å². The van der Waals surface area contributed by atoms with Crippen LogP contribution in [-0.4, -0.2) is 11.0 Å². The molecule has 0 saturated heterocycles. The van der Waals surface area contributed by atoms with Gasteiger partial charge in [0, 0.05) is 34.9 Å². The molecule has 0 aliphatic heterocycles. The number of halogens is 2. The molecule has 0 aliphatic rings. The van der Waals surface area contributed by atoms with Crippen molar-refractivity contribution in [1.82, 2.24) is 10.3 Å². The fraction of sp³-hybridized carbons (Fsp3) is 0.312. The summed E-state index contributed by atoms with van der Waals surface area (Å²) in [7, 11) is 0. The van der Waals surface area contributed by atoms with Crippen LogP contribution in [0, 0.1) is 5.82 Å². The number of rotatable bonds is 6. The van der Waals surface area contributed by atoms with Crippen molar-refractivity contribution >= 4 is 11.6 Å². The van der Waals surface area contributed by atoms with E-state index in [1.807, 2.05) is 32.0 Å². The van der Waals surface area contributed by atoms with Crippen LogP contribution >= 0.6 is 11.6 Å². The van der Waals surface area contributed by atoms with Gasteiger partial charge in [0.25, 0.3) is 5.88 Å². The molecule has 1 N–H and O–H groups in total. The van der Waals surface area contributed by atoms with E-state index >= 15 is 0 Å². The van der Waals surface area contributed by atoms with Crippen LogP contribution in [0.4, 0.5) is 4.39 Å². The van der Waals surface area contributed by atoms with Crippen LogP contribution in [0.3, 0.4) is 0 Å². The van der Waals surface area contributed by atoms with Crippen molar-refractivity contribution in [2.45, 2.75) is 33.0 Å². The van der Waals surface area contributed by atoms with Crippen molar-refractivity contribution in [2.24, 2.45) is 0 Å². The molecule has 5 heteroatoms. The molecular formula is C16H18ClFN2O. The van der Waals surface area contributed by atoms with E-state index in [1.54, 1.807) is 18.3 Å². The van der Waals surface area contributed by atoms with E-state index < -0.39 is 5.82 Å². The lowest BCUT2D eigenvalue weighted by atomic mass is 10.2. The Hall–Kier alpha value is -1.65. The van der Waals surface area contributed by atoms with Crippen LogP contribution in [0.1, 0.15) is 25.0 Å². The van der Waals surface area contributed by atoms with E-state index in [2.05, 4.69) is 10.3 Å². The molecule has 1 aromatic heterocycles. The van der Waals surface area contributed by atoms with E-state index in [0.717, 1.165) is 5.56 Å². The molecule has 3 nitrogen and oxygen atoms in total. The number of nitrogens with one attached hydrogen (secondary N) is 1. The average Bonchev–Trinajstić information content (AvgIpc) is 2.46. The highest BCUT2D eigenvalue weighted by Crippen LogP contribution is 2.21. The summed E-state index contributed by atoms with van der Waals surface area (Å²) in [6.45, 7) is 4.64. The Balaban J connectivity index is 2.07. The largest absolute Gasteiger partial charge is 0.471 e. The van der Waals surface area contributed by atoms with Crippen LogP contribution in [0.2, 0.25) is 5.02 Å². The first-order chi connectivity index (χ1) is 10.1. The SMILES string of the molecule is CC(C)NCc1ccnc(OCc2ccccc2Cl)c1F. The standard InChI is InChI=1S/C16H18ClFN2O/c1-11(2)20-9-12-7-8-19-16(15(12)18)21-10-13-5-3-4-6-14(13)17/h3-8,11,20H,9-10H2,1-2H3. The first-order valence-electron chi connectivity index (χ1n) is 6.81. The molecule has 1 aromatic carbocycles. The predicted octanol–water partition coefficient (Wildman–Crippen LogP) is 3.95. The van der Waals surface area contributed by atoms with Crippen LogP contribution in [-0.2, 0) is 13.2 Å². The van der Waals surface area contributed by atoms with Gasteiger partial charge in [-0.1, -0.05) is 43.6 Å². The van der Waals surface area contributed by atoms with E-state index in [0.29, 0.717) is 17.1 Å². The Labute approximate surface area is 129 Å². The molecule has 21 heavy (non-hydrogen) atoms. The van der Waals surface area contributed by atoms with Gasteiger partial charge in [-0.05, 0) is 12.1 Å². The summed E-state index contributed by atoms with van der Waals surface area (Å²) in [6.07, 6.45) is 1.54. The molecule has 0 spiro atoms. The highest BCUT2D eigenvalue weighted by Gasteiger charge is 2.11. The van der Waals surface area contributed by atoms with Gasteiger partial charge in [-0.25, -0.2) is 9.37 Å². The van der Waals surface area contributed by atoms with E-state index in [-0.39, 0.29) is 18.5 Å². The fourth-order valence-electron chi connectivity index (χ4n) is 1.77. The predicted molar refractivity (Wildman–Crippen MR) is 82.0 cm³/mol. The molecule has 0 aliphatic carbocycles. The number of aromatic nitrogens is 1. The van der Waals surface area contributed by atoms with Crippen molar-refractivity contribution in [2.75, 3.05) is 0 Å². The quantitative estimate of drug-likeness (QED) is 0.877. The fourth-order valence-corrected chi connectivity index (χ4v) is 1.97. The Bertz CT molecular complexity index is 605. The number of pyridine rings is 1. The molecule has 112 valence electrons. The second-order valence-electron chi connectivity index (χ2n) is 5.00. The van der Waals surface area contributed by atoms with Gasteiger partial charge in [0.05, 0.1) is 0 Å². The van der Waals surface area contributed by atoms with Gasteiger partial charge in [0.1, 0.15) is 6.61 Å². The summed E-state index contributed by atoms with van der Waals surface area (Å²) in [5.74, 6) is -0.435. The van der Waals surface area contributed by atoms with Crippen LogP contribution in [0.25, 0.3) is 0 Å². The van der Waals surface area contributed by atoms with Gasteiger partial charge < -0.3 is 10.1 Å². The zero-order chi connectivity index (χ0) is 15.2. The highest BCUT2D eigenvalue weighted by molar-refractivity contribution is 6.31. The van der Waals surface area contributed by atoms with E-state index in [1.165, 1.54) is 0 Å². The summed E-state index contributed by atoms with van der Waals surface area (Å²) in [6, 6.07) is 9.23. The lowest BCUT2D eigenvalue weighted by Gasteiger charge is -2.12. The Morgan fingerprint density at radius 2 is 2.00 bits per heavy atom. The van der Waals surface area contributed by atoms with Crippen molar-refractivity contribution in [3.8, 4) is 5.88 Å². The highest BCUT2D eigenvalue weighted by atomic mass is 35.5. The summed E-state index contributed by atoms with van der Waals surface area (Å²) < 4.78 is 19.7. The molecule has 2 rings (SSSR count). The summed E-state index contributed by atoms with van der Waals surface area (Å²) in [4.78, 5) is 3.94. The lowest BCUT2D eigenvalue weighted by molar-refractivity contribution is 0.276. The van der Waals surface area contributed by atoms with Gasteiger partial charge in [-0.2, -0.15) is 0 Å². The minimum absolute atomic E-state index is 0.00187. The molecule has 0 saturated carbocycles. The summed E-state index contributed by atoms with van der Waals surface area (Å²) in [5, 5.41) is 3.76. The molecule has 0 amide bonds. The third kappa shape index (κ3) is 4.41. The van der Waals surface area contributed by atoms with Gasteiger partial charge in [-0.15, -0.1) is 0 Å². The molecule has 2 aromatic rings. The number of ether oxygens (including phenoxy) is 1. The average molecular weight is 309 g/mol. The number of benzene rings is 1. The summed E-state index contributed by atoms with van der Waals surface area (Å²) >= 11 is 6.04. The zero-order valence-electron chi connectivity index (χ0n) is 12.1. The molecule has 0 radical (unpaired) electrons. The number of nitrogens with zero attached hydrogens (tertiary/aromatic N) is 1. The van der Waals surface area contributed by atoms with Crippen molar-refractivity contribution in [3.05, 3.63) is 58.5 Å². The third-order valence-electron chi connectivity index (χ3n) is 2.96. The number of hydrogen-bond acceptors (Lipinski definition) is 3. The maximum Gasteiger partial charge on any atom is 0.251 e. The molecule has 0 bridgehead atoms. The van der Waals surface area contributed by atoms with E-state index in [4.69, 9.17) is 16.3 Å². The molecule has 0 atom stereocenters. The topological polar surface area (TPSA) is 34.2 Å². The maximum atomic E-state index is 14.3. The van der Waals surface area contributed by atoms with Crippen LogP contribution < -0.4 is 10.1 Å². The lowest BCUT2D eigenvalue weighted by Crippen LogP contribution is -2.22. The molecule has 0 unspecified atom stereocenters. The van der Waals surface area contributed by atoms with Gasteiger partial charge in [0.15, 0.2) is 5.82 Å². The normalized spacial score (nSPS) is 10.9. The third-order valence-corrected chi connectivity index (χ3v) is 3.33. The monoisotopic (exact) mass is 308 g/mol. The van der Waals surface area contributed by atoms with Crippen molar-refractivity contribution in [3.63, 3.8) is 0 Å². The van der Waals surface area contributed by atoms with Crippen LogP contribution in [0.15, 0.2) is 36.5 Å². The first kappa shape index (κ1) is 15.7. The molecular weight excluding hydrogens is 291 g/mol. The van der Waals surface area contributed by atoms with E-state index in [9.17, 15) is 4.39 Å². The Morgan fingerprint density at radius 3 is 2.71 bits per heavy atom. The second kappa shape index (κ2) is 7.38. The van der Waals surface area contributed by atoms with Crippen molar-refractivity contribution < 1.29 is 9.13 Å². The van der Waals surface area contributed by atoms with Gasteiger partial charge in [0.2, 0.25) is 0 Å². The van der Waals surface area contributed by atoms with Gasteiger partial charge >= 0.3 is 0 Å². The Morgan fingerprint density at radius 1 is 1.24 bits per heavy atom. The smallest absolute Gasteiger partial charge is 0.251 e. The first-order valence-corrected chi connectivity index (χ1v) is 7.18. The minimum Gasteiger partial charge on any atom is -0.471 e. The number of hydrogen-bond donors (Lipinski definition) is 1. The maximum absolute atomic E-state index is 14.3. The molecule has 0 fully saturated rings. The Kier molecular flexibility index (Phi) is 5.53.